The van der Waals surface area contributed by atoms with Gasteiger partial charge in [-0.3, -0.25) is 4.79 Å². The van der Waals surface area contributed by atoms with Crippen LogP contribution in [0.15, 0.2) is 24.3 Å². The Labute approximate surface area is 121 Å². The molecule has 0 fully saturated rings. The molecule has 0 aliphatic carbocycles. The Kier molecular flexibility index (Phi) is 8.47. The third kappa shape index (κ3) is 7.79. The number of amides is 1. The second-order valence-electron chi connectivity index (χ2n) is 4.77. The predicted molar refractivity (Wildman–Crippen MR) is 80.0 cm³/mol. The minimum Gasteiger partial charge on any atom is -0.484 e. The Morgan fingerprint density at radius 1 is 1.15 bits per heavy atom. The number of rotatable bonds is 10. The SMILES string of the molecule is CCCCOCCCNC(=O)COc1ccc(C)cc1. The van der Waals surface area contributed by atoms with Crippen molar-refractivity contribution in [2.45, 2.75) is 33.1 Å². The van der Waals surface area contributed by atoms with E-state index in [2.05, 4.69) is 12.2 Å². The van der Waals surface area contributed by atoms with Crippen molar-refractivity contribution in [1.29, 1.82) is 0 Å². The van der Waals surface area contributed by atoms with Gasteiger partial charge in [0.15, 0.2) is 6.61 Å². The van der Waals surface area contributed by atoms with E-state index in [-0.39, 0.29) is 12.5 Å². The van der Waals surface area contributed by atoms with E-state index in [1.165, 1.54) is 5.56 Å². The molecule has 20 heavy (non-hydrogen) atoms. The van der Waals surface area contributed by atoms with Gasteiger partial charge in [0.2, 0.25) is 0 Å². The average molecular weight is 279 g/mol. The summed E-state index contributed by atoms with van der Waals surface area (Å²) in [6.07, 6.45) is 3.07. The lowest BCUT2D eigenvalue weighted by atomic mass is 10.2. The Bertz CT molecular complexity index is 376. The number of hydrogen-bond acceptors (Lipinski definition) is 3. The molecule has 1 N–H and O–H groups in total. The number of unbranched alkanes of at least 4 members (excludes halogenated alkanes) is 1. The predicted octanol–water partition coefficient (Wildman–Crippen LogP) is 2.70. The first kappa shape index (κ1) is 16.5. The highest BCUT2D eigenvalue weighted by atomic mass is 16.5. The number of nitrogens with one attached hydrogen (secondary N) is 1. The molecule has 0 saturated carbocycles. The van der Waals surface area contributed by atoms with Gasteiger partial charge in [-0.15, -0.1) is 0 Å². The topological polar surface area (TPSA) is 47.6 Å². The molecular weight excluding hydrogens is 254 g/mol. The molecule has 0 atom stereocenters. The molecule has 0 aliphatic heterocycles. The molecule has 4 heteroatoms. The first-order chi connectivity index (χ1) is 9.72. The first-order valence-corrected chi connectivity index (χ1v) is 7.26. The number of aryl methyl sites for hydroxylation is 1. The normalized spacial score (nSPS) is 10.3. The summed E-state index contributed by atoms with van der Waals surface area (Å²) in [6.45, 7) is 6.33. The lowest BCUT2D eigenvalue weighted by Crippen LogP contribution is -2.30. The smallest absolute Gasteiger partial charge is 0.257 e. The molecule has 0 saturated heterocycles. The van der Waals surface area contributed by atoms with Gasteiger partial charge >= 0.3 is 0 Å². The molecule has 1 amide bonds. The number of ether oxygens (including phenoxy) is 2. The van der Waals surface area contributed by atoms with Crippen LogP contribution in [0.5, 0.6) is 5.75 Å². The van der Waals surface area contributed by atoms with Crippen molar-refractivity contribution in [1.82, 2.24) is 5.32 Å². The molecule has 1 aromatic rings. The Morgan fingerprint density at radius 3 is 2.55 bits per heavy atom. The van der Waals surface area contributed by atoms with Gasteiger partial charge in [-0.2, -0.15) is 0 Å². The quantitative estimate of drug-likeness (QED) is 0.670. The summed E-state index contributed by atoms with van der Waals surface area (Å²) in [5, 5.41) is 2.81. The van der Waals surface area contributed by atoms with Crippen molar-refractivity contribution < 1.29 is 14.3 Å². The third-order valence-corrected chi connectivity index (χ3v) is 2.82. The van der Waals surface area contributed by atoms with Crippen LogP contribution in [0.4, 0.5) is 0 Å². The number of carbonyl (C=O) groups excluding carboxylic acids is 1. The van der Waals surface area contributed by atoms with Gasteiger partial charge in [-0.1, -0.05) is 31.0 Å². The molecule has 0 aromatic heterocycles. The van der Waals surface area contributed by atoms with Gasteiger partial charge in [0.1, 0.15) is 5.75 Å². The molecule has 0 spiro atoms. The maximum absolute atomic E-state index is 11.5. The van der Waals surface area contributed by atoms with E-state index in [4.69, 9.17) is 9.47 Å². The fourth-order valence-electron chi connectivity index (χ4n) is 1.58. The summed E-state index contributed by atoms with van der Waals surface area (Å²) >= 11 is 0. The fourth-order valence-corrected chi connectivity index (χ4v) is 1.58. The highest BCUT2D eigenvalue weighted by molar-refractivity contribution is 5.77. The van der Waals surface area contributed by atoms with Crippen molar-refractivity contribution in [3.8, 4) is 5.75 Å². The zero-order valence-corrected chi connectivity index (χ0v) is 12.5. The second kappa shape index (κ2) is 10.3. The lowest BCUT2D eigenvalue weighted by Gasteiger charge is -2.08. The van der Waals surface area contributed by atoms with Gasteiger partial charge in [-0.25, -0.2) is 0 Å². The summed E-state index contributed by atoms with van der Waals surface area (Å²) in [5.74, 6) is 0.618. The van der Waals surface area contributed by atoms with Gasteiger partial charge in [0.05, 0.1) is 0 Å². The first-order valence-electron chi connectivity index (χ1n) is 7.26. The molecular formula is C16H25NO3. The zero-order chi connectivity index (χ0) is 14.6. The number of carbonyl (C=O) groups is 1. The van der Waals surface area contributed by atoms with Crippen LogP contribution in [0.25, 0.3) is 0 Å². The number of hydrogen-bond donors (Lipinski definition) is 1. The average Bonchev–Trinajstić information content (AvgIpc) is 2.46. The highest BCUT2D eigenvalue weighted by Crippen LogP contribution is 2.10. The van der Waals surface area contributed by atoms with E-state index in [9.17, 15) is 4.79 Å². The molecule has 4 nitrogen and oxygen atoms in total. The van der Waals surface area contributed by atoms with E-state index in [1.54, 1.807) is 0 Å². The van der Waals surface area contributed by atoms with Crippen LogP contribution in [0.2, 0.25) is 0 Å². The molecule has 112 valence electrons. The molecule has 0 unspecified atom stereocenters. The van der Waals surface area contributed by atoms with Crippen molar-refractivity contribution >= 4 is 5.91 Å². The van der Waals surface area contributed by atoms with Crippen LogP contribution in [0.1, 0.15) is 31.7 Å². The summed E-state index contributed by atoms with van der Waals surface area (Å²) in [5.41, 5.74) is 1.17. The number of benzene rings is 1. The zero-order valence-electron chi connectivity index (χ0n) is 12.5. The Hall–Kier alpha value is -1.55. The fraction of sp³-hybridized carbons (Fsp3) is 0.562. The third-order valence-electron chi connectivity index (χ3n) is 2.82. The van der Waals surface area contributed by atoms with E-state index < -0.39 is 0 Å². The van der Waals surface area contributed by atoms with Crippen LogP contribution < -0.4 is 10.1 Å². The van der Waals surface area contributed by atoms with Crippen molar-refractivity contribution in [2.24, 2.45) is 0 Å². The summed E-state index contributed by atoms with van der Waals surface area (Å²) in [4.78, 5) is 11.5. The summed E-state index contributed by atoms with van der Waals surface area (Å²) in [6, 6.07) is 7.65. The summed E-state index contributed by atoms with van der Waals surface area (Å²) in [7, 11) is 0. The van der Waals surface area contributed by atoms with Crippen LogP contribution in [-0.2, 0) is 9.53 Å². The lowest BCUT2D eigenvalue weighted by molar-refractivity contribution is -0.123. The van der Waals surface area contributed by atoms with Gasteiger partial charge in [0.25, 0.3) is 5.91 Å². The maximum Gasteiger partial charge on any atom is 0.257 e. The molecule has 0 bridgehead atoms. The largest absolute Gasteiger partial charge is 0.484 e. The Morgan fingerprint density at radius 2 is 1.85 bits per heavy atom. The van der Waals surface area contributed by atoms with Gasteiger partial charge in [0, 0.05) is 19.8 Å². The van der Waals surface area contributed by atoms with E-state index in [1.807, 2.05) is 31.2 Å². The van der Waals surface area contributed by atoms with E-state index in [0.717, 1.165) is 25.9 Å². The molecule has 0 radical (unpaired) electrons. The van der Waals surface area contributed by atoms with Crippen molar-refractivity contribution in [2.75, 3.05) is 26.4 Å². The van der Waals surface area contributed by atoms with Crippen LogP contribution in [-0.4, -0.2) is 32.3 Å². The van der Waals surface area contributed by atoms with Crippen LogP contribution in [0.3, 0.4) is 0 Å². The maximum atomic E-state index is 11.5. The van der Waals surface area contributed by atoms with Crippen molar-refractivity contribution in [3.63, 3.8) is 0 Å². The molecule has 1 aromatic carbocycles. The van der Waals surface area contributed by atoms with Crippen molar-refractivity contribution in [3.05, 3.63) is 29.8 Å². The van der Waals surface area contributed by atoms with Crippen LogP contribution in [0, 0.1) is 6.92 Å². The molecule has 0 aliphatic rings. The Balaban J connectivity index is 2.01. The van der Waals surface area contributed by atoms with Gasteiger partial charge < -0.3 is 14.8 Å². The van der Waals surface area contributed by atoms with Gasteiger partial charge in [-0.05, 0) is 31.9 Å². The highest BCUT2D eigenvalue weighted by Gasteiger charge is 2.01. The second-order valence-corrected chi connectivity index (χ2v) is 4.77. The monoisotopic (exact) mass is 279 g/mol. The molecule has 1 rings (SSSR count). The minimum absolute atomic E-state index is 0.0553. The molecule has 0 heterocycles. The standard InChI is InChI=1S/C16H25NO3/c1-3-4-11-19-12-5-10-17-16(18)13-20-15-8-6-14(2)7-9-15/h6-9H,3-5,10-13H2,1-2H3,(H,17,18). The van der Waals surface area contributed by atoms with Crippen LogP contribution >= 0.6 is 0 Å². The minimum atomic E-state index is -0.0980. The summed E-state index contributed by atoms with van der Waals surface area (Å²) < 4.78 is 10.8. The van der Waals surface area contributed by atoms with E-state index in [0.29, 0.717) is 18.9 Å². The van der Waals surface area contributed by atoms with E-state index >= 15 is 0 Å².